The molecule has 1 amide bonds. The first-order valence-electron chi connectivity index (χ1n) is 9.60. The smallest absolute Gasteiger partial charge is 0.387 e. The van der Waals surface area contributed by atoms with Crippen LogP contribution in [0.3, 0.4) is 0 Å². The van der Waals surface area contributed by atoms with Crippen molar-refractivity contribution < 1.29 is 31.1 Å². The summed E-state index contributed by atoms with van der Waals surface area (Å²) in [4.78, 5) is 13.9. The van der Waals surface area contributed by atoms with Crippen molar-refractivity contribution in [1.82, 2.24) is 9.62 Å². The zero-order valence-corrected chi connectivity index (χ0v) is 17.8. The van der Waals surface area contributed by atoms with Crippen molar-refractivity contribution in [2.45, 2.75) is 36.3 Å². The second-order valence-corrected chi connectivity index (χ2v) is 9.35. The molecule has 0 unspecified atom stereocenters. The molecule has 3 rings (SSSR count). The summed E-state index contributed by atoms with van der Waals surface area (Å²) in [6.07, 6.45) is 0.591. The third-order valence-electron chi connectivity index (χ3n) is 5.28. The van der Waals surface area contributed by atoms with E-state index in [1.54, 1.807) is 26.2 Å². The number of halogens is 3. The Morgan fingerprint density at radius 1 is 1.13 bits per heavy atom. The standard InChI is InChI=1S/C21H23F3N2O4S/c1-26(2)20(27)19-11-15(10-18(19)13-6-8-14(22)9-7-13)25-31(28,29)17-5-3-4-16(12-17)30-21(23)24/h3-9,12,15,18-19,21,25H,10-11H2,1-2H3/t15-,18+,19-/m0/s1. The first-order valence-corrected chi connectivity index (χ1v) is 11.1. The first kappa shape index (κ1) is 23.1. The van der Waals surface area contributed by atoms with E-state index in [1.807, 2.05) is 0 Å². The molecule has 0 spiro atoms. The Morgan fingerprint density at radius 3 is 2.42 bits per heavy atom. The molecule has 0 bridgehead atoms. The number of alkyl halides is 2. The van der Waals surface area contributed by atoms with Gasteiger partial charge in [-0.15, -0.1) is 0 Å². The Bertz CT molecular complexity index is 1030. The monoisotopic (exact) mass is 456 g/mol. The molecule has 31 heavy (non-hydrogen) atoms. The molecule has 1 N–H and O–H groups in total. The fourth-order valence-corrected chi connectivity index (χ4v) is 5.22. The van der Waals surface area contributed by atoms with Gasteiger partial charge in [0.2, 0.25) is 15.9 Å². The highest BCUT2D eigenvalue weighted by Crippen LogP contribution is 2.41. The van der Waals surface area contributed by atoms with Gasteiger partial charge in [0.15, 0.2) is 0 Å². The Labute approximate surface area is 179 Å². The lowest BCUT2D eigenvalue weighted by molar-refractivity contribution is -0.133. The molecule has 1 aliphatic rings. The first-order chi connectivity index (χ1) is 14.6. The number of carbonyl (C=O) groups is 1. The third kappa shape index (κ3) is 5.56. The fourth-order valence-electron chi connectivity index (χ4n) is 3.92. The number of hydrogen-bond acceptors (Lipinski definition) is 4. The van der Waals surface area contributed by atoms with Crippen LogP contribution in [0.15, 0.2) is 53.4 Å². The zero-order chi connectivity index (χ0) is 22.8. The van der Waals surface area contributed by atoms with Crippen LogP contribution in [0.2, 0.25) is 0 Å². The number of benzene rings is 2. The highest BCUT2D eigenvalue weighted by atomic mass is 32.2. The predicted octanol–water partition coefficient (Wildman–Crippen LogP) is 3.36. The van der Waals surface area contributed by atoms with Gasteiger partial charge in [0, 0.05) is 32.1 Å². The van der Waals surface area contributed by atoms with Crippen molar-refractivity contribution in [3.05, 3.63) is 59.9 Å². The molecule has 1 aliphatic carbocycles. The molecular weight excluding hydrogens is 433 g/mol. The van der Waals surface area contributed by atoms with Gasteiger partial charge in [0.25, 0.3) is 0 Å². The number of sulfonamides is 1. The number of hydrogen-bond donors (Lipinski definition) is 1. The Morgan fingerprint density at radius 2 is 1.81 bits per heavy atom. The Kier molecular flexibility index (Phi) is 6.90. The van der Waals surface area contributed by atoms with Crippen LogP contribution >= 0.6 is 0 Å². The molecule has 0 saturated heterocycles. The Hall–Kier alpha value is -2.59. The van der Waals surface area contributed by atoms with Gasteiger partial charge in [0.05, 0.1) is 4.90 Å². The van der Waals surface area contributed by atoms with E-state index in [4.69, 9.17) is 0 Å². The predicted molar refractivity (Wildman–Crippen MR) is 108 cm³/mol. The number of carbonyl (C=O) groups excluding carboxylic acids is 1. The van der Waals surface area contributed by atoms with Gasteiger partial charge in [-0.2, -0.15) is 8.78 Å². The van der Waals surface area contributed by atoms with E-state index in [-0.39, 0.29) is 28.9 Å². The minimum atomic E-state index is -4.04. The van der Waals surface area contributed by atoms with Gasteiger partial charge in [-0.05, 0) is 48.6 Å². The van der Waals surface area contributed by atoms with Crippen molar-refractivity contribution in [2.24, 2.45) is 5.92 Å². The summed E-state index contributed by atoms with van der Waals surface area (Å²) < 4.78 is 70.7. The van der Waals surface area contributed by atoms with E-state index < -0.39 is 34.4 Å². The lowest BCUT2D eigenvalue weighted by Gasteiger charge is -2.22. The zero-order valence-electron chi connectivity index (χ0n) is 17.0. The van der Waals surface area contributed by atoms with Gasteiger partial charge in [-0.3, -0.25) is 4.79 Å². The molecule has 10 heteroatoms. The fraction of sp³-hybridized carbons (Fsp3) is 0.381. The summed E-state index contributed by atoms with van der Waals surface area (Å²) in [7, 11) is -0.801. The maximum Gasteiger partial charge on any atom is 0.387 e. The van der Waals surface area contributed by atoms with E-state index >= 15 is 0 Å². The van der Waals surface area contributed by atoms with Crippen LogP contribution in [0.5, 0.6) is 5.75 Å². The van der Waals surface area contributed by atoms with Gasteiger partial charge < -0.3 is 9.64 Å². The lowest BCUT2D eigenvalue weighted by atomic mass is 9.88. The average Bonchev–Trinajstić information content (AvgIpc) is 3.10. The Balaban J connectivity index is 1.82. The van der Waals surface area contributed by atoms with Gasteiger partial charge in [-0.25, -0.2) is 17.5 Å². The number of nitrogens with one attached hydrogen (secondary N) is 1. The normalized spacial score (nSPS) is 21.3. The molecule has 0 heterocycles. The quantitative estimate of drug-likeness (QED) is 0.693. The summed E-state index contributed by atoms with van der Waals surface area (Å²) in [6, 6.07) is 10.1. The van der Waals surface area contributed by atoms with Crippen LogP contribution in [0.25, 0.3) is 0 Å². The topological polar surface area (TPSA) is 75.7 Å². The van der Waals surface area contributed by atoms with Crippen molar-refractivity contribution in [3.8, 4) is 5.75 Å². The molecule has 0 radical (unpaired) electrons. The van der Waals surface area contributed by atoms with Crippen LogP contribution in [0, 0.1) is 11.7 Å². The van der Waals surface area contributed by atoms with E-state index in [2.05, 4.69) is 9.46 Å². The van der Waals surface area contributed by atoms with Crippen LogP contribution in [-0.2, 0) is 14.8 Å². The molecule has 168 valence electrons. The third-order valence-corrected chi connectivity index (χ3v) is 6.80. The maximum atomic E-state index is 13.3. The molecule has 0 aliphatic heterocycles. The molecule has 1 saturated carbocycles. The number of ether oxygens (including phenoxy) is 1. The van der Waals surface area contributed by atoms with Crippen molar-refractivity contribution in [3.63, 3.8) is 0 Å². The van der Waals surface area contributed by atoms with E-state index in [0.29, 0.717) is 6.42 Å². The second kappa shape index (κ2) is 9.27. The largest absolute Gasteiger partial charge is 0.435 e. The summed E-state index contributed by atoms with van der Waals surface area (Å²) in [5.74, 6) is -1.60. The minimum Gasteiger partial charge on any atom is -0.435 e. The molecule has 6 nitrogen and oxygen atoms in total. The van der Waals surface area contributed by atoms with Crippen LogP contribution in [0.1, 0.15) is 24.3 Å². The van der Waals surface area contributed by atoms with Crippen molar-refractivity contribution >= 4 is 15.9 Å². The molecule has 1 fully saturated rings. The lowest BCUT2D eigenvalue weighted by Crippen LogP contribution is -2.34. The summed E-state index contributed by atoms with van der Waals surface area (Å²) in [5, 5.41) is 0. The van der Waals surface area contributed by atoms with Gasteiger partial charge in [-0.1, -0.05) is 18.2 Å². The number of rotatable bonds is 7. The maximum absolute atomic E-state index is 13.3. The van der Waals surface area contributed by atoms with E-state index in [9.17, 15) is 26.4 Å². The summed E-state index contributed by atoms with van der Waals surface area (Å²) in [6.45, 7) is -3.07. The average molecular weight is 456 g/mol. The number of nitrogens with zero attached hydrogens (tertiary/aromatic N) is 1. The summed E-state index contributed by atoms with van der Waals surface area (Å²) >= 11 is 0. The van der Waals surface area contributed by atoms with Crippen LogP contribution in [0.4, 0.5) is 13.2 Å². The molecule has 0 aromatic heterocycles. The molecule has 2 aromatic carbocycles. The van der Waals surface area contributed by atoms with Gasteiger partial charge >= 0.3 is 6.61 Å². The van der Waals surface area contributed by atoms with Crippen LogP contribution in [-0.4, -0.2) is 46.0 Å². The second-order valence-electron chi connectivity index (χ2n) is 7.64. The molecule has 3 atom stereocenters. The van der Waals surface area contributed by atoms with Gasteiger partial charge in [0.1, 0.15) is 11.6 Å². The molecular formula is C21H23F3N2O4S. The van der Waals surface area contributed by atoms with E-state index in [1.165, 1.54) is 35.2 Å². The van der Waals surface area contributed by atoms with Crippen molar-refractivity contribution in [2.75, 3.05) is 14.1 Å². The number of amides is 1. The highest BCUT2D eigenvalue weighted by molar-refractivity contribution is 7.89. The molecule has 2 aromatic rings. The summed E-state index contributed by atoms with van der Waals surface area (Å²) in [5.41, 5.74) is 0.746. The van der Waals surface area contributed by atoms with E-state index in [0.717, 1.165) is 11.6 Å². The SMILES string of the molecule is CN(C)C(=O)[C@H]1C[C@@H](NS(=O)(=O)c2cccc(OC(F)F)c2)C[C@@H]1c1ccc(F)cc1. The van der Waals surface area contributed by atoms with Crippen molar-refractivity contribution in [1.29, 1.82) is 0 Å². The van der Waals surface area contributed by atoms with Crippen LogP contribution < -0.4 is 9.46 Å². The minimum absolute atomic E-state index is 0.150. The highest BCUT2D eigenvalue weighted by Gasteiger charge is 2.41.